The minimum Gasteiger partial charge on any atom is -0.334 e. The van der Waals surface area contributed by atoms with Crippen molar-refractivity contribution in [3.63, 3.8) is 0 Å². The lowest BCUT2D eigenvalue weighted by Gasteiger charge is -2.39. The predicted molar refractivity (Wildman–Crippen MR) is 126 cm³/mol. The first-order valence-electron chi connectivity index (χ1n) is 10.7. The topological polar surface area (TPSA) is 35.6 Å². The number of hydrogen-bond donors (Lipinski definition) is 1. The van der Waals surface area contributed by atoms with Crippen molar-refractivity contribution in [2.45, 2.75) is 19.5 Å². The summed E-state index contributed by atoms with van der Waals surface area (Å²) < 4.78 is 0. The van der Waals surface area contributed by atoms with Crippen molar-refractivity contribution >= 4 is 17.6 Å². The van der Waals surface area contributed by atoms with Gasteiger partial charge in [0.25, 0.3) is 0 Å². The van der Waals surface area contributed by atoms with Gasteiger partial charge in [0.2, 0.25) is 0 Å². The van der Waals surface area contributed by atoms with Crippen LogP contribution in [0.5, 0.6) is 0 Å². The second-order valence-corrected chi connectivity index (χ2v) is 8.47. The Morgan fingerprint density at radius 2 is 1.58 bits per heavy atom. The molecule has 0 radical (unpaired) electrons. The van der Waals surface area contributed by atoms with Crippen LogP contribution in [0.2, 0.25) is 5.02 Å². The fourth-order valence-corrected chi connectivity index (χ4v) is 4.32. The van der Waals surface area contributed by atoms with E-state index in [9.17, 15) is 4.79 Å². The van der Waals surface area contributed by atoms with Gasteiger partial charge in [0, 0.05) is 37.7 Å². The normalized spacial score (nSPS) is 15.5. The second-order valence-electron chi connectivity index (χ2n) is 8.04. The van der Waals surface area contributed by atoms with E-state index in [0.29, 0.717) is 19.6 Å². The molecule has 0 unspecified atom stereocenters. The van der Waals surface area contributed by atoms with E-state index in [1.165, 1.54) is 16.7 Å². The lowest BCUT2D eigenvalue weighted by Crippen LogP contribution is -2.52. The van der Waals surface area contributed by atoms with E-state index in [0.717, 1.165) is 23.7 Å². The highest BCUT2D eigenvalue weighted by Crippen LogP contribution is 2.30. The molecule has 1 aliphatic rings. The quantitative estimate of drug-likeness (QED) is 0.595. The molecule has 4 rings (SSSR count). The molecule has 31 heavy (non-hydrogen) atoms. The molecule has 2 amide bonds. The number of rotatable bonds is 5. The van der Waals surface area contributed by atoms with Crippen LogP contribution in [0.4, 0.5) is 4.79 Å². The van der Waals surface area contributed by atoms with E-state index in [-0.39, 0.29) is 12.1 Å². The fraction of sp³-hybridized carbons (Fsp3) is 0.269. The van der Waals surface area contributed by atoms with Gasteiger partial charge in [-0.1, -0.05) is 83.9 Å². The van der Waals surface area contributed by atoms with Gasteiger partial charge < -0.3 is 10.2 Å². The maximum absolute atomic E-state index is 12.7. The number of aryl methyl sites for hydroxylation is 1. The largest absolute Gasteiger partial charge is 0.334 e. The molecule has 0 saturated carbocycles. The minimum atomic E-state index is 0.00362. The average molecular weight is 434 g/mol. The van der Waals surface area contributed by atoms with Crippen LogP contribution in [-0.2, 0) is 6.54 Å². The molecule has 4 nitrogen and oxygen atoms in total. The summed E-state index contributed by atoms with van der Waals surface area (Å²) in [4.78, 5) is 17.1. The van der Waals surface area contributed by atoms with Crippen molar-refractivity contribution in [3.05, 3.63) is 106 Å². The van der Waals surface area contributed by atoms with Gasteiger partial charge in [0.1, 0.15) is 0 Å². The number of urea groups is 1. The van der Waals surface area contributed by atoms with Crippen LogP contribution in [0.3, 0.4) is 0 Å². The third-order valence-electron chi connectivity index (χ3n) is 5.79. The maximum atomic E-state index is 12.7. The summed E-state index contributed by atoms with van der Waals surface area (Å²) in [6, 6.07) is 27.0. The van der Waals surface area contributed by atoms with Gasteiger partial charge in [-0.25, -0.2) is 4.79 Å². The highest BCUT2D eigenvalue weighted by atomic mass is 35.5. The molecule has 0 aliphatic carbocycles. The molecule has 0 bridgehead atoms. The van der Waals surface area contributed by atoms with Gasteiger partial charge in [-0.2, -0.15) is 0 Å². The van der Waals surface area contributed by atoms with Gasteiger partial charge >= 0.3 is 6.03 Å². The maximum Gasteiger partial charge on any atom is 0.317 e. The molecular formula is C26H28ClN3O. The highest BCUT2D eigenvalue weighted by molar-refractivity contribution is 6.30. The summed E-state index contributed by atoms with van der Waals surface area (Å²) in [5.74, 6) is 0. The van der Waals surface area contributed by atoms with Crippen LogP contribution in [0.1, 0.15) is 28.3 Å². The van der Waals surface area contributed by atoms with E-state index in [1.807, 2.05) is 35.2 Å². The molecular weight excluding hydrogens is 406 g/mol. The van der Waals surface area contributed by atoms with Crippen molar-refractivity contribution in [1.82, 2.24) is 15.1 Å². The molecule has 0 aromatic heterocycles. The van der Waals surface area contributed by atoms with Crippen LogP contribution in [0.15, 0.2) is 78.9 Å². The number of carbonyl (C=O) groups is 1. The first-order valence-corrected chi connectivity index (χ1v) is 11.1. The molecule has 1 atom stereocenters. The third kappa shape index (κ3) is 5.46. The smallest absolute Gasteiger partial charge is 0.317 e. The van der Waals surface area contributed by atoms with Crippen LogP contribution < -0.4 is 5.32 Å². The van der Waals surface area contributed by atoms with Crippen molar-refractivity contribution in [2.24, 2.45) is 0 Å². The molecule has 1 heterocycles. The Bertz CT molecular complexity index is 999. The van der Waals surface area contributed by atoms with Crippen molar-refractivity contribution in [2.75, 3.05) is 26.2 Å². The van der Waals surface area contributed by atoms with Crippen molar-refractivity contribution in [3.8, 4) is 0 Å². The number of amides is 2. The first kappa shape index (κ1) is 21.4. The van der Waals surface area contributed by atoms with Gasteiger partial charge in [0.15, 0.2) is 0 Å². The van der Waals surface area contributed by atoms with Gasteiger partial charge in [-0.3, -0.25) is 4.90 Å². The van der Waals surface area contributed by atoms with Gasteiger partial charge in [0.05, 0.1) is 6.04 Å². The first-order chi connectivity index (χ1) is 15.1. The van der Waals surface area contributed by atoms with E-state index >= 15 is 0 Å². The zero-order chi connectivity index (χ0) is 21.6. The zero-order valence-electron chi connectivity index (χ0n) is 17.8. The van der Waals surface area contributed by atoms with Crippen molar-refractivity contribution < 1.29 is 4.79 Å². The molecule has 5 heteroatoms. The van der Waals surface area contributed by atoms with E-state index < -0.39 is 0 Å². The van der Waals surface area contributed by atoms with E-state index in [2.05, 4.69) is 65.7 Å². The van der Waals surface area contributed by atoms with E-state index in [1.54, 1.807) is 0 Å². The minimum absolute atomic E-state index is 0.00362. The summed E-state index contributed by atoms with van der Waals surface area (Å²) >= 11 is 6.12. The summed E-state index contributed by atoms with van der Waals surface area (Å²) in [6.07, 6.45) is 0. The molecule has 1 fully saturated rings. The van der Waals surface area contributed by atoms with E-state index in [4.69, 9.17) is 11.6 Å². The molecule has 160 valence electrons. The Balaban J connectivity index is 1.40. The van der Waals surface area contributed by atoms with Crippen LogP contribution in [-0.4, -0.2) is 42.0 Å². The molecule has 3 aromatic carbocycles. The lowest BCUT2D eigenvalue weighted by molar-refractivity contribution is 0.120. The molecule has 3 aromatic rings. The third-order valence-corrected chi connectivity index (χ3v) is 6.05. The Morgan fingerprint density at radius 3 is 2.26 bits per heavy atom. The Morgan fingerprint density at radius 1 is 0.903 bits per heavy atom. The SMILES string of the molecule is Cc1cccc(CNC(=O)N2CCN([C@H](c3ccccc3)c3ccc(Cl)cc3)CC2)c1. The molecule has 0 spiro atoms. The van der Waals surface area contributed by atoms with Gasteiger partial charge in [-0.15, -0.1) is 0 Å². The number of carbonyl (C=O) groups excluding carboxylic acids is 1. The Hall–Kier alpha value is -2.82. The average Bonchev–Trinajstić information content (AvgIpc) is 2.80. The predicted octanol–water partition coefficient (Wildman–Crippen LogP) is 5.27. The van der Waals surface area contributed by atoms with Crippen LogP contribution in [0.25, 0.3) is 0 Å². The van der Waals surface area contributed by atoms with Crippen molar-refractivity contribution in [1.29, 1.82) is 0 Å². The second kappa shape index (κ2) is 9.99. The lowest BCUT2D eigenvalue weighted by atomic mass is 9.96. The van der Waals surface area contributed by atoms with Crippen LogP contribution >= 0.6 is 11.6 Å². The highest BCUT2D eigenvalue weighted by Gasteiger charge is 2.28. The number of hydrogen-bond acceptors (Lipinski definition) is 2. The Labute approximate surface area is 189 Å². The fourth-order valence-electron chi connectivity index (χ4n) is 4.19. The summed E-state index contributed by atoms with van der Waals surface area (Å²) in [6.45, 7) is 5.67. The monoisotopic (exact) mass is 433 g/mol. The standard InChI is InChI=1S/C26H28ClN3O/c1-20-6-5-7-21(18-20)19-28-26(31)30-16-14-29(15-17-30)25(22-8-3-2-4-9-22)23-10-12-24(27)13-11-23/h2-13,18,25H,14-17,19H2,1H3,(H,28,31)/t25-/m1/s1. The number of halogens is 1. The molecule has 1 N–H and O–H groups in total. The number of nitrogens with zero attached hydrogens (tertiary/aromatic N) is 2. The molecule has 1 aliphatic heterocycles. The summed E-state index contributed by atoms with van der Waals surface area (Å²) in [7, 11) is 0. The van der Waals surface area contributed by atoms with Crippen LogP contribution in [0, 0.1) is 6.92 Å². The van der Waals surface area contributed by atoms with Gasteiger partial charge in [-0.05, 0) is 35.7 Å². The summed E-state index contributed by atoms with van der Waals surface area (Å²) in [5, 5.41) is 3.80. The number of piperazine rings is 1. The molecule has 1 saturated heterocycles. The zero-order valence-corrected chi connectivity index (χ0v) is 18.6. The Kier molecular flexibility index (Phi) is 6.90. The number of nitrogens with one attached hydrogen (secondary N) is 1. The summed E-state index contributed by atoms with van der Waals surface area (Å²) in [5.41, 5.74) is 4.79. The number of benzene rings is 3.